The maximum absolute atomic E-state index is 12.8. The number of nitrogens with zero attached hydrogens (tertiary/aromatic N) is 2. The average Bonchev–Trinajstić information content (AvgIpc) is 2.48. The highest BCUT2D eigenvalue weighted by atomic mass is 35.5. The molecule has 1 aromatic rings. The number of pyridine rings is 1. The van der Waals surface area contributed by atoms with E-state index in [2.05, 4.69) is 4.98 Å². The summed E-state index contributed by atoms with van der Waals surface area (Å²) in [6, 6.07) is 2.02. The Morgan fingerprint density at radius 2 is 2.05 bits per heavy atom. The molecule has 1 amide bonds. The number of aromatic nitrogens is 1. The highest BCUT2D eigenvalue weighted by Gasteiger charge is 2.36. The minimum Gasteiger partial charge on any atom is -0.397 e. The lowest BCUT2D eigenvalue weighted by Crippen LogP contribution is -2.49. The molecule has 20 heavy (non-hydrogen) atoms. The van der Waals surface area contributed by atoms with Crippen molar-refractivity contribution in [2.24, 2.45) is 5.92 Å². The van der Waals surface area contributed by atoms with Crippen molar-refractivity contribution in [2.45, 2.75) is 44.6 Å². The Morgan fingerprint density at radius 1 is 1.30 bits per heavy atom. The fraction of sp³-hybridized carbons (Fsp3) is 0.600. The fourth-order valence-electron chi connectivity index (χ4n) is 3.65. The second kappa shape index (κ2) is 5.60. The van der Waals surface area contributed by atoms with Gasteiger partial charge in [-0.25, -0.2) is 4.98 Å². The van der Waals surface area contributed by atoms with E-state index in [0.717, 1.165) is 19.4 Å². The van der Waals surface area contributed by atoms with Crippen molar-refractivity contribution in [1.29, 1.82) is 0 Å². The monoisotopic (exact) mass is 293 g/mol. The first kappa shape index (κ1) is 13.7. The second-order valence-electron chi connectivity index (χ2n) is 5.86. The van der Waals surface area contributed by atoms with Gasteiger partial charge in [0.05, 0.1) is 17.4 Å². The van der Waals surface area contributed by atoms with E-state index in [1.807, 2.05) is 4.90 Å². The van der Waals surface area contributed by atoms with E-state index in [0.29, 0.717) is 23.2 Å². The highest BCUT2D eigenvalue weighted by molar-refractivity contribution is 6.32. The van der Waals surface area contributed by atoms with Crippen LogP contribution in [-0.2, 0) is 0 Å². The number of carbonyl (C=O) groups is 1. The Kier molecular flexibility index (Phi) is 3.83. The van der Waals surface area contributed by atoms with Gasteiger partial charge in [-0.2, -0.15) is 0 Å². The van der Waals surface area contributed by atoms with Crippen LogP contribution in [0.5, 0.6) is 0 Å². The van der Waals surface area contributed by atoms with Gasteiger partial charge in [-0.3, -0.25) is 4.79 Å². The fourth-order valence-corrected chi connectivity index (χ4v) is 3.83. The quantitative estimate of drug-likeness (QED) is 0.809. The molecule has 2 heterocycles. The number of anilines is 1. The number of nitrogen functional groups attached to an aromatic ring is 1. The molecule has 0 spiro atoms. The molecule has 0 radical (unpaired) electrons. The van der Waals surface area contributed by atoms with Gasteiger partial charge in [0, 0.05) is 12.6 Å². The Balaban J connectivity index is 1.87. The van der Waals surface area contributed by atoms with E-state index >= 15 is 0 Å². The second-order valence-corrected chi connectivity index (χ2v) is 6.22. The van der Waals surface area contributed by atoms with Gasteiger partial charge >= 0.3 is 0 Å². The molecule has 108 valence electrons. The number of amides is 1. The predicted molar refractivity (Wildman–Crippen MR) is 79.7 cm³/mol. The zero-order valence-corrected chi connectivity index (χ0v) is 12.3. The summed E-state index contributed by atoms with van der Waals surface area (Å²) < 4.78 is 0. The molecule has 1 aliphatic heterocycles. The van der Waals surface area contributed by atoms with Crippen molar-refractivity contribution < 1.29 is 4.79 Å². The van der Waals surface area contributed by atoms with Crippen LogP contribution in [0.1, 0.15) is 48.9 Å². The third kappa shape index (κ3) is 2.49. The minimum absolute atomic E-state index is 0.00796. The maximum atomic E-state index is 12.8. The lowest BCUT2D eigenvalue weighted by atomic mass is 9.78. The molecule has 4 nitrogen and oxygen atoms in total. The van der Waals surface area contributed by atoms with Gasteiger partial charge in [0.2, 0.25) is 0 Å². The summed E-state index contributed by atoms with van der Waals surface area (Å²) in [6.07, 6.45) is 8.69. The summed E-state index contributed by atoms with van der Waals surface area (Å²) in [6.45, 7) is 0.825. The molecule has 1 saturated heterocycles. The summed E-state index contributed by atoms with van der Waals surface area (Å²) in [5.74, 6) is 0.653. The van der Waals surface area contributed by atoms with Gasteiger partial charge < -0.3 is 10.6 Å². The number of halogens is 1. The van der Waals surface area contributed by atoms with Gasteiger partial charge in [-0.05, 0) is 37.7 Å². The van der Waals surface area contributed by atoms with Crippen LogP contribution in [0.15, 0.2) is 12.3 Å². The summed E-state index contributed by atoms with van der Waals surface area (Å²) in [7, 11) is 0. The van der Waals surface area contributed by atoms with Crippen molar-refractivity contribution >= 4 is 23.2 Å². The molecular weight excluding hydrogens is 274 g/mol. The number of fused-ring (bicyclic) bond motifs is 1. The molecule has 0 unspecified atom stereocenters. The number of likely N-dealkylation sites (tertiary alicyclic amines) is 1. The summed E-state index contributed by atoms with van der Waals surface area (Å²) in [5.41, 5.74) is 6.66. The third-order valence-corrected chi connectivity index (χ3v) is 4.90. The SMILES string of the molecule is Nc1cnc(Cl)c(C(=O)N2CCC[C@H]3CCCC[C@H]32)c1. The Bertz CT molecular complexity index is 518. The molecule has 1 aliphatic carbocycles. The molecule has 5 heteroatoms. The van der Waals surface area contributed by atoms with Gasteiger partial charge in [0.1, 0.15) is 5.15 Å². The number of carbonyl (C=O) groups excluding carboxylic acids is 1. The first-order valence-corrected chi connectivity index (χ1v) is 7.76. The van der Waals surface area contributed by atoms with Crippen LogP contribution < -0.4 is 5.73 Å². The number of hydrogen-bond donors (Lipinski definition) is 1. The smallest absolute Gasteiger partial charge is 0.257 e. The third-order valence-electron chi connectivity index (χ3n) is 4.59. The van der Waals surface area contributed by atoms with E-state index in [1.165, 1.54) is 31.9 Å². The van der Waals surface area contributed by atoms with Crippen molar-refractivity contribution in [3.05, 3.63) is 23.0 Å². The van der Waals surface area contributed by atoms with Crippen LogP contribution in [0.25, 0.3) is 0 Å². The van der Waals surface area contributed by atoms with E-state index in [9.17, 15) is 4.79 Å². The number of piperidine rings is 1. The normalized spacial score (nSPS) is 26.1. The first-order chi connectivity index (χ1) is 9.66. The predicted octanol–water partition coefficient (Wildman–Crippen LogP) is 3.11. The molecule has 0 aromatic carbocycles. The topological polar surface area (TPSA) is 59.2 Å². The number of hydrogen-bond acceptors (Lipinski definition) is 3. The molecule has 3 rings (SSSR count). The van der Waals surface area contributed by atoms with Crippen LogP contribution in [0.3, 0.4) is 0 Å². The van der Waals surface area contributed by atoms with Crippen molar-refractivity contribution in [1.82, 2.24) is 9.88 Å². The molecule has 0 bridgehead atoms. The lowest BCUT2D eigenvalue weighted by molar-refractivity contribution is 0.0390. The number of rotatable bonds is 1. The standard InChI is InChI=1S/C15H20ClN3O/c16-14-12(8-11(17)9-18-14)15(20)19-7-3-5-10-4-1-2-6-13(10)19/h8-10,13H,1-7,17H2/t10-,13-/m1/s1. The zero-order chi connectivity index (χ0) is 14.1. The Hall–Kier alpha value is -1.29. The van der Waals surface area contributed by atoms with E-state index in [-0.39, 0.29) is 11.1 Å². The minimum atomic E-state index is -0.00796. The molecule has 2 aliphatic rings. The first-order valence-electron chi connectivity index (χ1n) is 7.39. The highest BCUT2D eigenvalue weighted by Crippen LogP contribution is 2.36. The van der Waals surface area contributed by atoms with Gasteiger partial charge in [0.15, 0.2) is 0 Å². The Morgan fingerprint density at radius 3 is 2.90 bits per heavy atom. The van der Waals surface area contributed by atoms with Crippen LogP contribution in [0.4, 0.5) is 5.69 Å². The van der Waals surface area contributed by atoms with E-state index in [1.54, 1.807) is 6.07 Å². The largest absolute Gasteiger partial charge is 0.397 e. The van der Waals surface area contributed by atoms with Crippen molar-refractivity contribution in [2.75, 3.05) is 12.3 Å². The van der Waals surface area contributed by atoms with Crippen molar-refractivity contribution in [3.63, 3.8) is 0 Å². The zero-order valence-electron chi connectivity index (χ0n) is 11.5. The molecule has 1 aromatic heterocycles. The molecular formula is C15H20ClN3O. The Labute approximate surface area is 124 Å². The summed E-state index contributed by atoms with van der Waals surface area (Å²) in [5, 5.41) is 0.252. The lowest BCUT2D eigenvalue weighted by Gasteiger charge is -2.44. The van der Waals surface area contributed by atoms with Crippen LogP contribution in [0.2, 0.25) is 5.15 Å². The average molecular weight is 294 g/mol. The molecule has 2 fully saturated rings. The van der Waals surface area contributed by atoms with Crippen LogP contribution in [0, 0.1) is 5.92 Å². The number of nitrogens with two attached hydrogens (primary N) is 1. The van der Waals surface area contributed by atoms with Gasteiger partial charge in [-0.15, -0.1) is 0 Å². The van der Waals surface area contributed by atoms with E-state index < -0.39 is 0 Å². The van der Waals surface area contributed by atoms with Gasteiger partial charge in [0.25, 0.3) is 5.91 Å². The summed E-state index contributed by atoms with van der Waals surface area (Å²) >= 11 is 6.07. The maximum Gasteiger partial charge on any atom is 0.257 e. The molecule has 2 atom stereocenters. The van der Waals surface area contributed by atoms with E-state index in [4.69, 9.17) is 17.3 Å². The van der Waals surface area contributed by atoms with Gasteiger partial charge in [-0.1, -0.05) is 24.4 Å². The van der Waals surface area contributed by atoms with Crippen LogP contribution in [-0.4, -0.2) is 28.4 Å². The van der Waals surface area contributed by atoms with Crippen molar-refractivity contribution in [3.8, 4) is 0 Å². The molecule has 1 saturated carbocycles. The van der Waals surface area contributed by atoms with Crippen LogP contribution >= 0.6 is 11.6 Å². The molecule has 2 N–H and O–H groups in total. The summed E-state index contributed by atoms with van der Waals surface area (Å²) in [4.78, 5) is 18.8.